The summed E-state index contributed by atoms with van der Waals surface area (Å²) in [4.78, 5) is 2.39. The number of hydrogen-bond acceptors (Lipinski definition) is 2. The molecular formula is C46H30N2S. The lowest BCUT2D eigenvalue weighted by molar-refractivity contribution is 1.18. The minimum atomic E-state index is 1.12. The second-order valence-corrected chi connectivity index (χ2v) is 13.7. The molecule has 0 N–H and O–H groups in total. The van der Waals surface area contributed by atoms with Crippen molar-refractivity contribution in [1.29, 1.82) is 0 Å². The Labute approximate surface area is 288 Å². The minimum absolute atomic E-state index is 1.12. The van der Waals surface area contributed by atoms with Crippen molar-refractivity contribution in [2.75, 3.05) is 4.90 Å². The highest BCUT2D eigenvalue weighted by Gasteiger charge is 2.18. The molecule has 0 bridgehead atoms. The van der Waals surface area contributed by atoms with E-state index in [0.717, 1.165) is 17.1 Å². The second kappa shape index (κ2) is 11.2. The first-order valence-corrected chi connectivity index (χ1v) is 17.5. The predicted molar refractivity (Wildman–Crippen MR) is 211 cm³/mol. The highest BCUT2D eigenvalue weighted by molar-refractivity contribution is 7.25. The molecule has 0 aliphatic rings. The fraction of sp³-hybridized carbons (Fsp3) is 0. The fourth-order valence-corrected chi connectivity index (χ4v) is 8.59. The van der Waals surface area contributed by atoms with E-state index < -0.39 is 0 Å². The molecule has 2 nitrogen and oxygen atoms in total. The van der Waals surface area contributed by atoms with Gasteiger partial charge in [0, 0.05) is 53.6 Å². The van der Waals surface area contributed by atoms with Gasteiger partial charge in [0.25, 0.3) is 0 Å². The molecule has 49 heavy (non-hydrogen) atoms. The van der Waals surface area contributed by atoms with Gasteiger partial charge in [-0.2, -0.15) is 0 Å². The normalized spacial score (nSPS) is 11.7. The van der Waals surface area contributed by atoms with Crippen LogP contribution >= 0.6 is 11.3 Å². The molecule has 230 valence electrons. The number of nitrogens with zero attached hydrogens (tertiary/aromatic N) is 2. The molecule has 0 radical (unpaired) electrons. The zero-order valence-electron chi connectivity index (χ0n) is 26.6. The van der Waals surface area contributed by atoms with Crippen molar-refractivity contribution in [3.05, 3.63) is 182 Å². The number of benzene rings is 8. The van der Waals surface area contributed by atoms with E-state index in [1.54, 1.807) is 0 Å². The first-order chi connectivity index (χ1) is 24.3. The molecule has 0 atom stereocenters. The number of rotatable bonds is 5. The lowest BCUT2D eigenvalue weighted by atomic mass is 10.0. The maximum atomic E-state index is 2.41. The molecule has 3 heteroatoms. The van der Waals surface area contributed by atoms with Gasteiger partial charge in [-0.25, -0.2) is 0 Å². The van der Waals surface area contributed by atoms with Crippen LogP contribution in [0.25, 0.3) is 69.6 Å². The predicted octanol–water partition coefficient (Wildman–Crippen LogP) is 13.4. The Balaban J connectivity index is 1.13. The lowest BCUT2D eigenvalue weighted by Gasteiger charge is -2.26. The van der Waals surface area contributed by atoms with Gasteiger partial charge in [0.1, 0.15) is 0 Å². The highest BCUT2D eigenvalue weighted by Crippen LogP contribution is 2.42. The molecule has 0 unspecified atom stereocenters. The minimum Gasteiger partial charge on any atom is -0.310 e. The van der Waals surface area contributed by atoms with Crippen molar-refractivity contribution in [3.8, 4) is 16.8 Å². The summed E-state index contributed by atoms with van der Waals surface area (Å²) in [6, 6.07) is 66.2. The molecule has 0 spiro atoms. The zero-order chi connectivity index (χ0) is 32.3. The van der Waals surface area contributed by atoms with Crippen molar-refractivity contribution in [2.45, 2.75) is 0 Å². The van der Waals surface area contributed by atoms with Crippen LogP contribution in [0.2, 0.25) is 0 Å². The van der Waals surface area contributed by atoms with Gasteiger partial charge in [0.05, 0.1) is 16.7 Å². The number of hydrogen-bond donors (Lipinski definition) is 0. The van der Waals surface area contributed by atoms with Gasteiger partial charge >= 0.3 is 0 Å². The van der Waals surface area contributed by atoms with Gasteiger partial charge in [-0.15, -0.1) is 11.3 Å². The molecule has 0 aliphatic heterocycles. The van der Waals surface area contributed by atoms with E-state index in [-0.39, 0.29) is 0 Å². The van der Waals surface area contributed by atoms with E-state index in [1.165, 1.54) is 69.6 Å². The van der Waals surface area contributed by atoms with Crippen molar-refractivity contribution >= 4 is 81.1 Å². The second-order valence-electron chi connectivity index (χ2n) is 12.6. The van der Waals surface area contributed by atoms with Gasteiger partial charge in [-0.1, -0.05) is 115 Å². The third-order valence-corrected chi connectivity index (χ3v) is 10.9. The number of para-hydroxylation sites is 3. The Bertz CT molecular complexity index is 2790. The Morgan fingerprint density at radius 2 is 0.959 bits per heavy atom. The summed E-state index contributed by atoms with van der Waals surface area (Å²) in [7, 11) is 0. The molecule has 0 aliphatic carbocycles. The summed E-state index contributed by atoms with van der Waals surface area (Å²) >= 11 is 1.86. The molecule has 0 amide bonds. The van der Waals surface area contributed by atoms with Gasteiger partial charge in [-0.3, -0.25) is 0 Å². The van der Waals surface area contributed by atoms with Gasteiger partial charge in [0.15, 0.2) is 0 Å². The summed E-state index contributed by atoms with van der Waals surface area (Å²) < 4.78 is 5.04. The number of thiophene rings is 1. The van der Waals surface area contributed by atoms with E-state index in [0.29, 0.717) is 0 Å². The maximum Gasteiger partial charge on any atom is 0.0541 e. The first kappa shape index (κ1) is 27.9. The van der Waals surface area contributed by atoms with Crippen molar-refractivity contribution in [1.82, 2.24) is 4.57 Å². The van der Waals surface area contributed by atoms with Crippen LogP contribution in [-0.4, -0.2) is 4.57 Å². The number of fused-ring (bicyclic) bond motifs is 7. The van der Waals surface area contributed by atoms with E-state index in [1.807, 2.05) is 11.3 Å². The van der Waals surface area contributed by atoms with Gasteiger partial charge < -0.3 is 9.47 Å². The monoisotopic (exact) mass is 642 g/mol. The quantitative estimate of drug-likeness (QED) is 0.181. The Kier molecular flexibility index (Phi) is 6.39. The van der Waals surface area contributed by atoms with Gasteiger partial charge in [-0.05, 0) is 83.1 Å². The molecule has 0 saturated carbocycles. The third kappa shape index (κ3) is 4.55. The van der Waals surface area contributed by atoms with E-state index in [4.69, 9.17) is 0 Å². The topological polar surface area (TPSA) is 8.17 Å². The number of anilines is 3. The van der Waals surface area contributed by atoms with Crippen LogP contribution in [0.3, 0.4) is 0 Å². The zero-order valence-corrected chi connectivity index (χ0v) is 27.4. The Hall–Kier alpha value is -6.16. The molecule has 0 saturated heterocycles. The molecular weight excluding hydrogens is 613 g/mol. The maximum absolute atomic E-state index is 2.41. The third-order valence-electron chi connectivity index (χ3n) is 9.77. The number of aromatic nitrogens is 1. The van der Waals surface area contributed by atoms with Crippen LogP contribution in [0.5, 0.6) is 0 Å². The molecule has 0 fully saturated rings. The van der Waals surface area contributed by atoms with E-state index in [9.17, 15) is 0 Å². The molecule has 8 aromatic carbocycles. The van der Waals surface area contributed by atoms with Crippen LogP contribution in [0.15, 0.2) is 182 Å². The smallest absolute Gasteiger partial charge is 0.0541 e. The van der Waals surface area contributed by atoms with E-state index >= 15 is 0 Å². The summed E-state index contributed by atoms with van der Waals surface area (Å²) in [5, 5.41) is 7.60. The summed E-state index contributed by atoms with van der Waals surface area (Å²) in [5.74, 6) is 0. The Morgan fingerprint density at radius 1 is 0.388 bits per heavy atom. The Morgan fingerprint density at radius 3 is 1.76 bits per heavy atom. The molecule has 2 aromatic heterocycles. The SMILES string of the molecule is c1ccc(-n2c3ccccc3c3ccccc32)c(-c2ccc(N(c3ccc4ccccc4c3)c3ccc4sc5ccccc5c4c3)cc2)c1. The van der Waals surface area contributed by atoms with Crippen LogP contribution in [0.4, 0.5) is 17.1 Å². The highest BCUT2D eigenvalue weighted by atomic mass is 32.1. The average Bonchev–Trinajstić information content (AvgIpc) is 3.71. The van der Waals surface area contributed by atoms with Gasteiger partial charge in [0.2, 0.25) is 0 Å². The lowest BCUT2D eigenvalue weighted by Crippen LogP contribution is -2.09. The van der Waals surface area contributed by atoms with Crippen molar-refractivity contribution in [3.63, 3.8) is 0 Å². The van der Waals surface area contributed by atoms with Crippen LogP contribution < -0.4 is 4.90 Å². The molecule has 10 aromatic rings. The molecule has 10 rings (SSSR count). The fourth-order valence-electron chi connectivity index (χ4n) is 7.50. The van der Waals surface area contributed by atoms with E-state index in [2.05, 4.69) is 191 Å². The van der Waals surface area contributed by atoms with Crippen LogP contribution in [0, 0.1) is 0 Å². The summed E-state index contributed by atoms with van der Waals surface area (Å²) in [5.41, 5.74) is 9.38. The first-order valence-electron chi connectivity index (χ1n) is 16.7. The summed E-state index contributed by atoms with van der Waals surface area (Å²) in [6.07, 6.45) is 0. The van der Waals surface area contributed by atoms with Crippen LogP contribution in [0.1, 0.15) is 0 Å². The molecule has 2 heterocycles. The van der Waals surface area contributed by atoms with Crippen molar-refractivity contribution in [2.24, 2.45) is 0 Å². The largest absolute Gasteiger partial charge is 0.310 e. The van der Waals surface area contributed by atoms with Crippen molar-refractivity contribution < 1.29 is 0 Å². The van der Waals surface area contributed by atoms with Crippen LogP contribution in [-0.2, 0) is 0 Å². The summed E-state index contributed by atoms with van der Waals surface area (Å²) in [6.45, 7) is 0. The standard InChI is InChI=1S/C46H30N2S/c1-2-12-33-29-35(26-21-31(33)11-1)47(36-27-28-46-41(30-36)40-16-6-10-20-45(40)49-46)34-24-22-32(23-25-34)37-13-3-7-17-42(37)48-43-18-8-4-14-38(43)39-15-5-9-19-44(39)48/h1-30H. The average molecular weight is 643 g/mol.